The third-order valence-corrected chi connectivity index (χ3v) is 3.09. The van der Waals surface area contributed by atoms with Crippen LogP contribution in [0, 0.1) is 5.92 Å². The van der Waals surface area contributed by atoms with Gasteiger partial charge in [0.2, 0.25) is 5.91 Å². The van der Waals surface area contributed by atoms with Gasteiger partial charge in [0, 0.05) is 13.2 Å². The molecule has 80 valence electrons. The van der Waals surface area contributed by atoms with Crippen molar-refractivity contribution in [2.24, 2.45) is 5.92 Å². The first-order valence-corrected chi connectivity index (χ1v) is 5.30. The number of hydrogen-bond acceptors (Lipinski definition) is 3. The Morgan fingerprint density at radius 2 is 2.50 bits per heavy atom. The second kappa shape index (κ2) is 3.87. The number of ether oxygens (including phenoxy) is 1. The number of carbonyl (C=O) groups is 1. The lowest BCUT2D eigenvalue weighted by Gasteiger charge is -2.25. The van der Waals surface area contributed by atoms with Crippen molar-refractivity contribution < 1.29 is 9.53 Å². The summed E-state index contributed by atoms with van der Waals surface area (Å²) in [6, 6.07) is 0. The standard InChI is InChI=1S/C10H18N2O2/c1-10(3-4-11-7-10)12-9(13)8-2-5-14-6-8/h8,11H,2-7H2,1H3,(H,12,13). The molecule has 2 aliphatic heterocycles. The van der Waals surface area contributed by atoms with Crippen molar-refractivity contribution in [3.05, 3.63) is 0 Å². The van der Waals surface area contributed by atoms with E-state index in [1.54, 1.807) is 0 Å². The van der Waals surface area contributed by atoms with Gasteiger partial charge in [-0.2, -0.15) is 0 Å². The first-order chi connectivity index (χ1) is 6.70. The minimum atomic E-state index is -0.0420. The molecule has 14 heavy (non-hydrogen) atoms. The van der Waals surface area contributed by atoms with E-state index in [0.717, 1.165) is 32.5 Å². The molecule has 0 aromatic heterocycles. The highest BCUT2D eigenvalue weighted by atomic mass is 16.5. The maximum atomic E-state index is 11.8. The highest BCUT2D eigenvalue weighted by Crippen LogP contribution is 2.17. The van der Waals surface area contributed by atoms with Crippen LogP contribution in [0.25, 0.3) is 0 Å². The molecule has 0 aromatic rings. The molecule has 2 heterocycles. The zero-order chi connectivity index (χ0) is 10.0. The molecule has 0 bridgehead atoms. The molecule has 2 atom stereocenters. The molecule has 1 amide bonds. The number of rotatable bonds is 2. The summed E-state index contributed by atoms with van der Waals surface area (Å²) in [5, 5.41) is 6.38. The van der Waals surface area contributed by atoms with Crippen LogP contribution in [0.4, 0.5) is 0 Å². The average Bonchev–Trinajstić information content (AvgIpc) is 2.74. The molecule has 0 aliphatic carbocycles. The van der Waals surface area contributed by atoms with Crippen LogP contribution in [0.15, 0.2) is 0 Å². The fourth-order valence-electron chi connectivity index (χ4n) is 2.06. The number of amides is 1. The first-order valence-electron chi connectivity index (χ1n) is 5.30. The second-order valence-corrected chi connectivity index (χ2v) is 4.54. The maximum Gasteiger partial charge on any atom is 0.225 e. The molecule has 0 radical (unpaired) electrons. The van der Waals surface area contributed by atoms with Gasteiger partial charge in [0.05, 0.1) is 18.1 Å². The van der Waals surface area contributed by atoms with E-state index < -0.39 is 0 Å². The predicted molar refractivity (Wildman–Crippen MR) is 53.0 cm³/mol. The van der Waals surface area contributed by atoms with Gasteiger partial charge in [0.25, 0.3) is 0 Å². The quantitative estimate of drug-likeness (QED) is 0.651. The minimum Gasteiger partial charge on any atom is -0.381 e. The van der Waals surface area contributed by atoms with E-state index in [9.17, 15) is 4.79 Å². The molecule has 4 heteroatoms. The van der Waals surface area contributed by atoms with Crippen LogP contribution in [-0.4, -0.2) is 37.7 Å². The second-order valence-electron chi connectivity index (χ2n) is 4.54. The molecule has 2 rings (SSSR count). The van der Waals surface area contributed by atoms with Crippen LogP contribution in [0.3, 0.4) is 0 Å². The number of nitrogens with one attached hydrogen (secondary N) is 2. The van der Waals surface area contributed by atoms with E-state index in [1.807, 2.05) is 0 Å². The molecule has 2 unspecified atom stereocenters. The molecule has 2 aliphatic rings. The Morgan fingerprint density at radius 3 is 3.07 bits per heavy atom. The van der Waals surface area contributed by atoms with Crippen LogP contribution in [0.5, 0.6) is 0 Å². The molecule has 4 nitrogen and oxygen atoms in total. The Morgan fingerprint density at radius 1 is 1.64 bits per heavy atom. The molecule has 0 aromatic carbocycles. The lowest BCUT2D eigenvalue weighted by atomic mass is 9.99. The van der Waals surface area contributed by atoms with Gasteiger partial charge in [0.15, 0.2) is 0 Å². The Balaban J connectivity index is 1.86. The summed E-state index contributed by atoms with van der Waals surface area (Å²) in [4.78, 5) is 11.8. The summed E-state index contributed by atoms with van der Waals surface area (Å²) < 4.78 is 5.20. The molecule has 2 fully saturated rings. The van der Waals surface area contributed by atoms with Crippen molar-refractivity contribution >= 4 is 5.91 Å². The highest BCUT2D eigenvalue weighted by molar-refractivity contribution is 5.79. The molecule has 2 N–H and O–H groups in total. The summed E-state index contributed by atoms with van der Waals surface area (Å²) >= 11 is 0. The topological polar surface area (TPSA) is 50.4 Å². The van der Waals surface area contributed by atoms with Crippen molar-refractivity contribution in [1.82, 2.24) is 10.6 Å². The molecule has 0 saturated carbocycles. The summed E-state index contributed by atoms with van der Waals surface area (Å²) in [6.07, 6.45) is 1.89. The molecular weight excluding hydrogens is 180 g/mol. The molecular formula is C10H18N2O2. The Kier molecular flexibility index (Phi) is 2.74. The third kappa shape index (κ3) is 2.07. The van der Waals surface area contributed by atoms with Gasteiger partial charge >= 0.3 is 0 Å². The average molecular weight is 198 g/mol. The summed E-state index contributed by atoms with van der Waals surface area (Å²) in [5.41, 5.74) is -0.0420. The Labute approximate surface area is 84.4 Å². The van der Waals surface area contributed by atoms with Gasteiger partial charge in [-0.15, -0.1) is 0 Å². The largest absolute Gasteiger partial charge is 0.381 e. The van der Waals surface area contributed by atoms with E-state index in [-0.39, 0.29) is 17.4 Å². The van der Waals surface area contributed by atoms with Crippen LogP contribution in [0.2, 0.25) is 0 Å². The minimum absolute atomic E-state index is 0.0420. The first kappa shape index (κ1) is 9.93. The predicted octanol–water partition coefficient (Wildman–Crippen LogP) is -0.109. The fraction of sp³-hybridized carbons (Fsp3) is 0.900. The lowest BCUT2D eigenvalue weighted by Crippen LogP contribution is -2.49. The summed E-state index contributed by atoms with van der Waals surface area (Å²) in [5.74, 6) is 0.237. The van der Waals surface area contributed by atoms with Crippen molar-refractivity contribution in [2.75, 3.05) is 26.3 Å². The van der Waals surface area contributed by atoms with Crippen LogP contribution >= 0.6 is 0 Å². The van der Waals surface area contributed by atoms with Gasteiger partial charge in [-0.1, -0.05) is 0 Å². The third-order valence-electron chi connectivity index (χ3n) is 3.09. The van der Waals surface area contributed by atoms with E-state index in [4.69, 9.17) is 4.74 Å². The van der Waals surface area contributed by atoms with E-state index >= 15 is 0 Å². The van der Waals surface area contributed by atoms with Gasteiger partial charge in [-0.3, -0.25) is 4.79 Å². The van der Waals surface area contributed by atoms with Crippen LogP contribution in [-0.2, 0) is 9.53 Å². The summed E-state index contributed by atoms with van der Waals surface area (Å²) in [6.45, 7) is 5.30. The zero-order valence-corrected chi connectivity index (χ0v) is 8.64. The maximum absolute atomic E-state index is 11.8. The van der Waals surface area contributed by atoms with Crippen LogP contribution in [0.1, 0.15) is 19.8 Å². The summed E-state index contributed by atoms with van der Waals surface area (Å²) in [7, 11) is 0. The van der Waals surface area contributed by atoms with E-state index in [0.29, 0.717) is 6.61 Å². The normalized spacial score (nSPS) is 37.4. The Bertz CT molecular complexity index is 218. The van der Waals surface area contributed by atoms with Gasteiger partial charge in [-0.05, 0) is 26.3 Å². The SMILES string of the molecule is CC1(NC(=O)C2CCOC2)CCNC1. The fourth-order valence-corrected chi connectivity index (χ4v) is 2.06. The van der Waals surface area contributed by atoms with Gasteiger partial charge in [-0.25, -0.2) is 0 Å². The van der Waals surface area contributed by atoms with Gasteiger partial charge in [0.1, 0.15) is 0 Å². The van der Waals surface area contributed by atoms with Crippen molar-refractivity contribution in [2.45, 2.75) is 25.3 Å². The molecule has 2 saturated heterocycles. The van der Waals surface area contributed by atoms with E-state index in [1.165, 1.54) is 0 Å². The zero-order valence-electron chi connectivity index (χ0n) is 8.64. The monoisotopic (exact) mass is 198 g/mol. The van der Waals surface area contributed by atoms with E-state index in [2.05, 4.69) is 17.6 Å². The van der Waals surface area contributed by atoms with Crippen LogP contribution < -0.4 is 10.6 Å². The number of carbonyl (C=O) groups excluding carboxylic acids is 1. The number of hydrogen-bond donors (Lipinski definition) is 2. The molecule has 0 spiro atoms. The smallest absolute Gasteiger partial charge is 0.225 e. The van der Waals surface area contributed by atoms with Crippen molar-refractivity contribution in [3.63, 3.8) is 0 Å². The highest BCUT2D eigenvalue weighted by Gasteiger charge is 2.33. The Hall–Kier alpha value is -0.610. The van der Waals surface area contributed by atoms with Crippen molar-refractivity contribution in [1.29, 1.82) is 0 Å². The van der Waals surface area contributed by atoms with Gasteiger partial charge < -0.3 is 15.4 Å². The lowest BCUT2D eigenvalue weighted by molar-refractivity contribution is -0.126. The van der Waals surface area contributed by atoms with Crippen molar-refractivity contribution in [3.8, 4) is 0 Å².